The Morgan fingerprint density at radius 1 is 1.14 bits per heavy atom. The number of nitrogens with zero attached hydrogens (tertiary/aromatic N) is 2. The molecule has 0 bridgehead atoms. The molecule has 0 aliphatic rings. The van der Waals surface area contributed by atoms with Crippen molar-refractivity contribution >= 4 is 32.9 Å². The molecule has 0 atom stereocenters. The van der Waals surface area contributed by atoms with E-state index in [2.05, 4.69) is 20.9 Å². The first kappa shape index (κ1) is 13.8. The van der Waals surface area contributed by atoms with Gasteiger partial charge in [-0.1, -0.05) is 22.0 Å². The summed E-state index contributed by atoms with van der Waals surface area (Å²) in [7, 11) is 3.25. The minimum absolute atomic E-state index is 0.398. The normalized spacial score (nSPS) is 10.8. The van der Waals surface area contributed by atoms with E-state index in [4.69, 9.17) is 15.2 Å². The summed E-state index contributed by atoms with van der Waals surface area (Å²) >= 11 is 3.48. The van der Waals surface area contributed by atoms with Crippen LogP contribution in [-0.4, -0.2) is 23.8 Å². The Morgan fingerprint density at radius 2 is 1.95 bits per heavy atom. The van der Waals surface area contributed by atoms with Crippen molar-refractivity contribution in [3.8, 4) is 17.2 Å². The van der Waals surface area contributed by atoms with Crippen LogP contribution in [0.15, 0.2) is 40.9 Å². The lowest BCUT2D eigenvalue weighted by molar-refractivity contribution is 0.414. The first-order chi connectivity index (χ1) is 10.1. The zero-order chi connectivity index (χ0) is 15.0. The molecular formula is C15H14BrN3O2. The van der Waals surface area contributed by atoms with Gasteiger partial charge in [0, 0.05) is 10.5 Å². The first-order valence-corrected chi connectivity index (χ1v) is 7.09. The second kappa shape index (κ2) is 5.29. The van der Waals surface area contributed by atoms with E-state index in [1.165, 1.54) is 0 Å². The third-order valence-electron chi connectivity index (χ3n) is 3.24. The first-order valence-electron chi connectivity index (χ1n) is 6.30. The number of imidazole rings is 1. The van der Waals surface area contributed by atoms with Crippen molar-refractivity contribution in [2.75, 3.05) is 20.0 Å². The van der Waals surface area contributed by atoms with Crippen LogP contribution in [0.4, 0.5) is 5.95 Å². The van der Waals surface area contributed by atoms with Crippen LogP contribution >= 0.6 is 15.9 Å². The second-order valence-corrected chi connectivity index (χ2v) is 5.40. The van der Waals surface area contributed by atoms with Gasteiger partial charge in [-0.2, -0.15) is 0 Å². The summed E-state index contributed by atoms with van der Waals surface area (Å²) < 4.78 is 13.4. The number of ether oxygens (including phenoxy) is 2. The molecule has 6 heteroatoms. The van der Waals surface area contributed by atoms with E-state index >= 15 is 0 Å². The predicted molar refractivity (Wildman–Crippen MR) is 86.3 cm³/mol. The molecule has 0 aliphatic heterocycles. The predicted octanol–water partition coefficient (Wildman–Crippen LogP) is 3.39. The van der Waals surface area contributed by atoms with Gasteiger partial charge in [0.15, 0.2) is 0 Å². The number of nitrogens with two attached hydrogens (primary N) is 1. The van der Waals surface area contributed by atoms with Gasteiger partial charge < -0.3 is 15.2 Å². The smallest absolute Gasteiger partial charge is 0.206 e. The molecule has 3 rings (SSSR count). The minimum atomic E-state index is 0.398. The zero-order valence-electron chi connectivity index (χ0n) is 11.6. The summed E-state index contributed by atoms with van der Waals surface area (Å²) in [5, 5.41) is 0. The van der Waals surface area contributed by atoms with Gasteiger partial charge in [0.05, 0.1) is 25.4 Å². The number of hydrogen-bond acceptors (Lipinski definition) is 4. The van der Waals surface area contributed by atoms with Crippen LogP contribution in [0, 0.1) is 0 Å². The average Bonchev–Trinajstić information content (AvgIpc) is 2.82. The topological polar surface area (TPSA) is 62.3 Å². The van der Waals surface area contributed by atoms with Crippen molar-refractivity contribution in [1.82, 2.24) is 9.55 Å². The molecule has 0 amide bonds. The summed E-state index contributed by atoms with van der Waals surface area (Å²) in [6.07, 6.45) is 0. The summed E-state index contributed by atoms with van der Waals surface area (Å²) in [4.78, 5) is 4.41. The quantitative estimate of drug-likeness (QED) is 0.788. The van der Waals surface area contributed by atoms with Crippen molar-refractivity contribution in [2.24, 2.45) is 0 Å². The van der Waals surface area contributed by atoms with Crippen LogP contribution in [0.1, 0.15) is 0 Å². The molecule has 1 aromatic heterocycles. The molecule has 108 valence electrons. The van der Waals surface area contributed by atoms with Gasteiger partial charge in [-0.25, -0.2) is 4.98 Å². The Morgan fingerprint density at radius 3 is 2.67 bits per heavy atom. The van der Waals surface area contributed by atoms with Crippen molar-refractivity contribution in [3.63, 3.8) is 0 Å². The van der Waals surface area contributed by atoms with Gasteiger partial charge in [0.2, 0.25) is 5.95 Å². The lowest BCUT2D eigenvalue weighted by Crippen LogP contribution is -2.01. The molecule has 21 heavy (non-hydrogen) atoms. The van der Waals surface area contributed by atoms with E-state index in [0.717, 1.165) is 26.9 Å². The second-order valence-electron chi connectivity index (χ2n) is 4.48. The Hall–Kier alpha value is -2.21. The maximum Gasteiger partial charge on any atom is 0.206 e. The molecule has 0 saturated heterocycles. The fourth-order valence-electron chi connectivity index (χ4n) is 2.32. The third-order valence-corrected chi connectivity index (χ3v) is 3.70. The van der Waals surface area contributed by atoms with Crippen LogP contribution in [0.2, 0.25) is 0 Å². The maximum atomic E-state index is 6.09. The molecular weight excluding hydrogens is 334 g/mol. The van der Waals surface area contributed by atoms with Crippen LogP contribution < -0.4 is 15.2 Å². The number of para-hydroxylation sites is 1. The Kier molecular flexibility index (Phi) is 3.47. The monoisotopic (exact) mass is 347 g/mol. The zero-order valence-corrected chi connectivity index (χ0v) is 13.2. The Labute approximate surface area is 130 Å². The highest BCUT2D eigenvalue weighted by atomic mass is 79.9. The molecule has 0 spiro atoms. The number of nitrogen functional groups attached to an aromatic ring is 1. The molecule has 2 aromatic carbocycles. The number of aromatic nitrogens is 2. The van der Waals surface area contributed by atoms with E-state index in [9.17, 15) is 0 Å². The summed E-state index contributed by atoms with van der Waals surface area (Å²) in [6.45, 7) is 0. The Balaban J connectivity index is 2.30. The fraction of sp³-hybridized carbons (Fsp3) is 0.133. The highest BCUT2D eigenvalue weighted by Gasteiger charge is 2.14. The van der Waals surface area contributed by atoms with Crippen molar-refractivity contribution in [2.45, 2.75) is 0 Å². The van der Waals surface area contributed by atoms with Gasteiger partial charge in [-0.05, 0) is 24.3 Å². The standard InChI is InChI=1S/C15H14BrN3O2/c1-20-11-7-9(16)6-10(8-11)19-12-4-3-5-13(21-2)14(12)18-15(19)17/h3-8H,1-2H3,(H2,17,18). The van der Waals surface area contributed by atoms with Crippen LogP contribution in [0.5, 0.6) is 11.5 Å². The van der Waals surface area contributed by atoms with Crippen LogP contribution in [0.25, 0.3) is 16.7 Å². The molecule has 5 nitrogen and oxygen atoms in total. The molecule has 2 N–H and O–H groups in total. The highest BCUT2D eigenvalue weighted by Crippen LogP contribution is 2.32. The maximum absolute atomic E-state index is 6.09. The van der Waals surface area contributed by atoms with Crippen molar-refractivity contribution in [3.05, 3.63) is 40.9 Å². The molecule has 3 aromatic rings. The third kappa shape index (κ3) is 2.31. The van der Waals surface area contributed by atoms with Gasteiger partial charge in [0.25, 0.3) is 0 Å². The lowest BCUT2D eigenvalue weighted by atomic mass is 10.2. The number of fused-ring (bicyclic) bond motifs is 1. The minimum Gasteiger partial charge on any atom is -0.497 e. The largest absolute Gasteiger partial charge is 0.497 e. The lowest BCUT2D eigenvalue weighted by Gasteiger charge is -2.10. The van der Waals surface area contributed by atoms with E-state index in [0.29, 0.717) is 11.7 Å². The highest BCUT2D eigenvalue weighted by molar-refractivity contribution is 9.10. The SMILES string of the molecule is COc1cc(Br)cc(-n2c(N)nc3c(OC)cccc32)c1. The van der Waals surface area contributed by atoms with E-state index in [-0.39, 0.29) is 0 Å². The number of hydrogen-bond donors (Lipinski definition) is 1. The van der Waals surface area contributed by atoms with Crippen molar-refractivity contribution < 1.29 is 9.47 Å². The molecule has 1 heterocycles. The number of methoxy groups -OCH3 is 2. The molecule has 0 unspecified atom stereocenters. The summed E-state index contributed by atoms with van der Waals surface area (Å²) in [5.74, 6) is 1.83. The van der Waals surface area contributed by atoms with Gasteiger partial charge in [-0.15, -0.1) is 0 Å². The van der Waals surface area contributed by atoms with E-state index in [1.807, 2.05) is 41.0 Å². The number of anilines is 1. The molecule has 0 aliphatic carbocycles. The molecule has 0 fully saturated rings. The van der Waals surface area contributed by atoms with Gasteiger partial charge >= 0.3 is 0 Å². The van der Waals surface area contributed by atoms with Crippen LogP contribution in [0.3, 0.4) is 0 Å². The summed E-state index contributed by atoms with van der Waals surface area (Å²) in [6, 6.07) is 11.5. The van der Waals surface area contributed by atoms with E-state index in [1.54, 1.807) is 14.2 Å². The molecule has 0 saturated carbocycles. The molecule has 0 radical (unpaired) electrons. The van der Waals surface area contributed by atoms with Crippen LogP contribution in [-0.2, 0) is 0 Å². The Bertz CT molecular complexity index is 814. The van der Waals surface area contributed by atoms with Gasteiger partial charge in [0.1, 0.15) is 17.0 Å². The number of rotatable bonds is 3. The summed E-state index contributed by atoms with van der Waals surface area (Å²) in [5.41, 5.74) is 8.57. The average molecular weight is 348 g/mol. The number of halogens is 1. The van der Waals surface area contributed by atoms with Gasteiger partial charge in [-0.3, -0.25) is 4.57 Å². The number of benzene rings is 2. The van der Waals surface area contributed by atoms with E-state index < -0.39 is 0 Å². The fourth-order valence-corrected chi connectivity index (χ4v) is 2.78. The van der Waals surface area contributed by atoms with Crippen molar-refractivity contribution in [1.29, 1.82) is 0 Å².